The van der Waals surface area contributed by atoms with Crippen LogP contribution < -0.4 is 0 Å². The largest absolute Gasteiger partial charge is 0.410 e. The van der Waals surface area contributed by atoms with Crippen LogP contribution in [0.1, 0.15) is 50.0 Å². The summed E-state index contributed by atoms with van der Waals surface area (Å²) in [5.41, 5.74) is 3.24. The molecule has 1 aliphatic carbocycles. The molecule has 0 N–H and O–H groups in total. The van der Waals surface area contributed by atoms with E-state index in [-0.39, 0.29) is 11.1 Å². The van der Waals surface area contributed by atoms with Gasteiger partial charge in [0.15, 0.2) is 8.32 Å². The molecule has 0 heterocycles. The van der Waals surface area contributed by atoms with Gasteiger partial charge in [0.25, 0.3) is 0 Å². The van der Waals surface area contributed by atoms with Crippen LogP contribution >= 0.6 is 15.9 Å². The molecule has 0 fully saturated rings. The third-order valence-corrected chi connectivity index (χ3v) is 10.0. The molecular weight excluding hydrogens is 330 g/mol. The molecule has 2 nitrogen and oxygen atoms in total. The molecule has 0 saturated heterocycles. The van der Waals surface area contributed by atoms with E-state index in [0.717, 1.165) is 22.9 Å². The van der Waals surface area contributed by atoms with Crippen LogP contribution in [-0.4, -0.2) is 8.32 Å². The minimum atomic E-state index is -1.76. The first-order chi connectivity index (χ1) is 9.17. The van der Waals surface area contributed by atoms with Gasteiger partial charge in [-0.25, -0.2) is 0 Å². The van der Waals surface area contributed by atoms with Crippen molar-refractivity contribution in [3.8, 4) is 6.07 Å². The van der Waals surface area contributed by atoms with Crippen LogP contribution in [0.4, 0.5) is 0 Å². The van der Waals surface area contributed by atoms with E-state index in [1.165, 1.54) is 11.1 Å². The zero-order chi connectivity index (χ0) is 15.1. The second-order valence-electron chi connectivity index (χ2n) is 7.01. The highest BCUT2D eigenvalue weighted by Gasteiger charge is 2.41. The Hall–Kier alpha value is -0.633. The van der Waals surface area contributed by atoms with Crippen molar-refractivity contribution in [3.05, 3.63) is 33.3 Å². The van der Waals surface area contributed by atoms with E-state index in [9.17, 15) is 0 Å². The van der Waals surface area contributed by atoms with Crippen molar-refractivity contribution in [2.75, 3.05) is 0 Å². The lowest BCUT2D eigenvalue weighted by atomic mass is 10.1. The Morgan fingerprint density at radius 2 is 2.00 bits per heavy atom. The van der Waals surface area contributed by atoms with Crippen molar-refractivity contribution in [2.45, 2.75) is 57.8 Å². The molecule has 0 amide bonds. The van der Waals surface area contributed by atoms with Gasteiger partial charge in [-0.2, -0.15) is 5.26 Å². The first-order valence-electron chi connectivity index (χ1n) is 7.06. The zero-order valence-electron chi connectivity index (χ0n) is 12.9. The minimum Gasteiger partial charge on any atom is -0.410 e. The maximum atomic E-state index is 9.10. The Balaban J connectivity index is 2.31. The molecule has 0 aliphatic heterocycles. The maximum absolute atomic E-state index is 9.10. The molecule has 1 aromatic rings. The highest BCUT2D eigenvalue weighted by molar-refractivity contribution is 9.10. The van der Waals surface area contributed by atoms with Gasteiger partial charge in [-0.3, -0.25) is 0 Å². The van der Waals surface area contributed by atoms with Crippen molar-refractivity contribution in [1.29, 1.82) is 5.26 Å². The number of benzene rings is 1. The third kappa shape index (κ3) is 2.72. The highest BCUT2D eigenvalue weighted by Crippen LogP contribution is 2.45. The molecule has 2 rings (SSSR count). The summed E-state index contributed by atoms with van der Waals surface area (Å²) in [6.45, 7) is 11.4. The van der Waals surface area contributed by atoms with Crippen LogP contribution in [0, 0.1) is 11.3 Å². The number of fused-ring (bicyclic) bond motifs is 1. The number of halogens is 1. The van der Waals surface area contributed by atoms with E-state index in [1.54, 1.807) is 0 Å². The average Bonchev–Trinajstić information content (AvgIpc) is 2.72. The lowest BCUT2D eigenvalue weighted by Crippen LogP contribution is -2.41. The second kappa shape index (κ2) is 5.29. The smallest absolute Gasteiger partial charge is 0.192 e. The fraction of sp³-hybridized carbons (Fsp3) is 0.562. The van der Waals surface area contributed by atoms with Crippen molar-refractivity contribution in [1.82, 2.24) is 0 Å². The molecule has 1 aromatic carbocycles. The molecule has 1 atom stereocenters. The number of hydrogen-bond donors (Lipinski definition) is 0. The van der Waals surface area contributed by atoms with Gasteiger partial charge in [-0.15, -0.1) is 0 Å². The van der Waals surface area contributed by atoms with E-state index >= 15 is 0 Å². The van der Waals surface area contributed by atoms with Crippen molar-refractivity contribution < 1.29 is 4.43 Å². The van der Waals surface area contributed by atoms with E-state index < -0.39 is 8.32 Å². The predicted molar refractivity (Wildman–Crippen MR) is 88.2 cm³/mol. The van der Waals surface area contributed by atoms with Crippen LogP contribution in [0.25, 0.3) is 0 Å². The molecule has 0 spiro atoms. The van der Waals surface area contributed by atoms with Crippen LogP contribution in [0.5, 0.6) is 0 Å². The quantitative estimate of drug-likeness (QED) is 0.674. The van der Waals surface area contributed by atoms with Gasteiger partial charge in [-0.05, 0) is 64.1 Å². The molecule has 4 heteroatoms. The topological polar surface area (TPSA) is 33.0 Å². The molecular formula is C16H22BrNOSi. The molecule has 108 valence electrons. The average molecular weight is 352 g/mol. The van der Waals surface area contributed by atoms with Crippen molar-refractivity contribution in [3.63, 3.8) is 0 Å². The van der Waals surface area contributed by atoms with Crippen LogP contribution in [0.3, 0.4) is 0 Å². The summed E-state index contributed by atoms with van der Waals surface area (Å²) < 4.78 is 7.51. The van der Waals surface area contributed by atoms with Crippen LogP contribution in [-0.2, 0) is 10.8 Å². The van der Waals surface area contributed by atoms with Gasteiger partial charge in [0.05, 0.1) is 11.7 Å². The summed E-state index contributed by atoms with van der Waals surface area (Å²) in [6.07, 6.45) is 2.20. The Bertz CT molecular complexity index is 569. The number of rotatable bonds is 2. The Labute approximate surface area is 131 Å². The minimum absolute atomic E-state index is 0.190. The second-order valence-corrected chi connectivity index (χ2v) is 12.6. The predicted octanol–water partition coefficient (Wildman–Crippen LogP) is 5.33. The summed E-state index contributed by atoms with van der Waals surface area (Å²) in [7, 11) is -1.76. The SMILES string of the molecule is CC(C)(C)[Si](C)(C)OC1CCc2c1ccc(C#N)c2Br. The summed E-state index contributed by atoms with van der Waals surface area (Å²) in [6, 6.07) is 6.21. The van der Waals surface area contributed by atoms with Gasteiger partial charge in [0.1, 0.15) is 6.07 Å². The summed E-state index contributed by atoms with van der Waals surface area (Å²) >= 11 is 3.57. The molecule has 1 unspecified atom stereocenters. The zero-order valence-corrected chi connectivity index (χ0v) is 15.5. The van der Waals surface area contributed by atoms with Gasteiger partial charge in [-0.1, -0.05) is 26.8 Å². The van der Waals surface area contributed by atoms with Crippen LogP contribution in [0.15, 0.2) is 16.6 Å². The lowest BCUT2D eigenvalue weighted by Gasteiger charge is -2.38. The van der Waals surface area contributed by atoms with E-state index in [0.29, 0.717) is 0 Å². The fourth-order valence-corrected chi connectivity index (χ4v) is 4.32. The van der Waals surface area contributed by atoms with Crippen LogP contribution in [0.2, 0.25) is 18.1 Å². The standard InChI is InChI=1S/C16H22BrNOSi/c1-16(2,3)20(4,5)19-14-9-8-13-12(14)7-6-11(10-18)15(13)17/h6-7,14H,8-9H2,1-5H3. The summed E-state index contributed by atoms with van der Waals surface area (Å²) in [5, 5.41) is 9.33. The van der Waals surface area contributed by atoms with Gasteiger partial charge in [0, 0.05) is 4.47 Å². The van der Waals surface area contributed by atoms with E-state index in [1.807, 2.05) is 6.07 Å². The highest BCUT2D eigenvalue weighted by atomic mass is 79.9. The molecule has 0 bridgehead atoms. The Kier molecular flexibility index (Phi) is 4.16. The van der Waals surface area contributed by atoms with Gasteiger partial charge < -0.3 is 4.43 Å². The van der Waals surface area contributed by atoms with Gasteiger partial charge in [0.2, 0.25) is 0 Å². The maximum Gasteiger partial charge on any atom is 0.192 e. The first-order valence-corrected chi connectivity index (χ1v) is 10.8. The number of nitriles is 1. The van der Waals surface area contributed by atoms with E-state index in [4.69, 9.17) is 9.69 Å². The molecule has 0 aromatic heterocycles. The number of hydrogen-bond acceptors (Lipinski definition) is 2. The number of nitrogens with zero attached hydrogens (tertiary/aromatic N) is 1. The van der Waals surface area contributed by atoms with Gasteiger partial charge >= 0.3 is 0 Å². The summed E-state index contributed by atoms with van der Waals surface area (Å²) in [4.78, 5) is 0. The fourth-order valence-electron chi connectivity index (χ4n) is 2.36. The lowest BCUT2D eigenvalue weighted by molar-refractivity contribution is 0.185. The van der Waals surface area contributed by atoms with Crippen molar-refractivity contribution >= 4 is 24.2 Å². The Morgan fingerprint density at radius 1 is 1.35 bits per heavy atom. The third-order valence-electron chi connectivity index (χ3n) is 4.65. The van der Waals surface area contributed by atoms with E-state index in [2.05, 4.69) is 61.9 Å². The summed E-state index contributed by atoms with van der Waals surface area (Å²) in [5.74, 6) is 0. The molecule has 20 heavy (non-hydrogen) atoms. The first kappa shape index (κ1) is 15.8. The molecule has 0 radical (unpaired) electrons. The van der Waals surface area contributed by atoms with Crippen molar-refractivity contribution in [2.24, 2.45) is 0 Å². The normalized spacial score (nSPS) is 18.8. The molecule has 0 saturated carbocycles. The Morgan fingerprint density at radius 3 is 2.55 bits per heavy atom. The monoisotopic (exact) mass is 351 g/mol. The molecule has 1 aliphatic rings.